The summed E-state index contributed by atoms with van der Waals surface area (Å²) >= 11 is 0. The van der Waals surface area contributed by atoms with Gasteiger partial charge >= 0.3 is 0 Å². The van der Waals surface area contributed by atoms with Crippen molar-refractivity contribution in [3.05, 3.63) is 18.2 Å². The predicted octanol–water partition coefficient (Wildman–Crippen LogP) is 1.19. The molecule has 0 aliphatic carbocycles. The molecule has 0 amide bonds. The lowest BCUT2D eigenvalue weighted by Gasteiger charge is -2.18. The first-order valence-electron chi connectivity index (χ1n) is 5.38. The third-order valence-electron chi connectivity index (χ3n) is 2.80. The van der Waals surface area contributed by atoms with Crippen LogP contribution in [-0.4, -0.2) is 28.4 Å². The van der Waals surface area contributed by atoms with E-state index >= 15 is 0 Å². The maximum Gasteiger partial charge on any atom is 0.280 e. The van der Waals surface area contributed by atoms with Crippen LogP contribution >= 0.6 is 0 Å². The van der Waals surface area contributed by atoms with Crippen LogP contribution in [0, 0.1) is 0 Å². The Morgan fingerprint density at radius 3 is 2.88 bits per heavy atom. The average Bonchev–Trinajstić information content (AvgIpc) is 3.01. The first-order valence-corrected chi connectivity index (χ1v) is 5.38. The summed E-state index contributed by atoms with van der Waals surface area (Å²) in [5, 5.41) is 11.1. The molecule has 2 aromatic heterocycles. The number of aromatic nitrogens is 3. The fourth-order valence-corrected chi connectivity index (χ4v) is 1.91. The van der Waals surface area contributed by atoms with Gasteiger partial charge in [-0.2, -0.15) is 4.98 Å². The Morgan fingerprint density at radius 1 is 1.25 bits per heavy atom. The molecule has 0 spiro atoms. The minimum Gasteiger partial charge on any atom is -0.364 e. The molecule has 6 nitrogen and oxygen atoms in total. The molecular formula is C10H12N4O2. The number of rotatable bonds is 2. The lowest BCUT2D eigenvalue weighted by molar-refractivity contribution is 0.386. The molecule has 0 aromatic carbocycles. The fraction of sp³-hybridized carbons (Fsp3) is 0.500. The molecule has 1 saturated heterocycles. The highest BCUT2D eigenvalue weighted by Gasteiger charge is 2.21. The van der Waals surface area contributed by atoms with Crippen molar-refractivity contribution in [2.45, 2.75) is 18.8 Å². The first-order chi connectivity index (χ1) is 7.93. The SMILES string of the molecule is c1cc(-c2nc(C3CCNCC3)no2)no1. The van der Waals surface area contributed by atoms with Crippen LogP contribution in [0.25, 0.3) is 11.6 Å². The van der Waals surface area contributed by atoms with Crippen molar-refractivity contribution in [1.29, 1.82) is 0 Å². The van der Waals surface area contributed by atoms with Crippen molar-refractivity contribution in [3.8, 4) is 11.6 Å². The number of piperidine rings is 1. The minimum absolute atomic E-state index is 0.394. The van der Waals surface area contributed by atoms with Crippen LogP contribution in [0.15, 0.2) is 21.4 Å². The Hall–Kier alpha value is -1.69. The van der Waals surface area contributed by atoms with E-state index in [1.807, 2.05) is 0 Å². The Bertz CT molecular complexity index is 445. The second-order valence-electron chi connectivity index (χ2n) is 3.87. The zero-order valence-corrected chi connectivity index (χ0v) is 8.72. The summed E-state index contributed by atoms with van der Waals surface area (Å²) < 4.78 is 9.89. The van der Waals surface area contributed by atoms with Gasteiger partial charge in [-0.15, -0.1) is 0 Å². The number of hydrogen-bond donors (Lipinski definition) is 1. The van der Waals surface area contributed by atoms with E-state index in [0.29, 0.717) is 17.5 Å². The van der Waals surface area contributed by atoms with Gasteiger partial charge in [-0.1, -0.05) is 10.3 Å². The van der Waals surface area contributed by atoms with Gasteiger partial charge in [-0.25, -0.2) is 0 Å². The van der Waals surface area contributed by atoms with E-state index < -0.39 is 0 Å². The highest BCUT2D eigenvalue weighted by molar-refractivity contribution is 5.44. The minimum atomic E-state index is 0.394. The van der Waals surface area contributed by atoms with Crippen LogP contribution < -0.4 is 5.32 Å². The van der Waals surface area contributed by atoms with Gasteiger partial charge in [0.1, 0.15) is 6.26 Å². The standard InChI is InChI=1S/C10H12N4O2/c1-4-11-5-2-7(1)9-12-10(16-14-9)8-3-6-15-13-8/h3,6-7,11H,1-2,4-5H2. The molecule has 3 heterocycles. The summed E-state index contributed by atoms with van der Waals surface area (Å²) in [5.41, 5.74) is 0.590. The molecule has 3 rings (SSSR count). The van der Waals surface area contributed by atoms with Gasteiger partial charge in [0.05, 0.1) is 0 Å². The Labute approximate surface area is 92.0 Å². The Morgan fingerprint density at radius 2 is 2.12 bits per heavy atom. The highest BCUT2D eigenvalue weighted by atomic mass is 16.5. The van der Waals surface area contributed by atoms with Crippen molar-refractivity contribution < 1.29 is 9.05 Å². The fourth-order valence-electron chi connectivity index (χ4n) is 1.91. The smallest absolute Gasteiger partial charge is 0.280 e. The molecule has 1 aliphatic rings. The maximum absolute atomic E-state index is 5.16. The zero-order chi connectivity index (χ0) is 10.8. The summed E-state index contributed by atoms with van der Waals surface area (Å²) in [6, 6.07) is 1.71. The molecule has 0 radical (unpaired) electrons. The molecule has 16 heavy (non-hydrogen) atoms. The van der Waals surface area contributed by atoms with E-state index in [1.54, 1.807) is 6.07 Å². The summed E-state index contributed by atoms with van der Waals surface area (Å²) in [6.07, 6.45) is 3.60. The van der Waals surface area contributed by atoms with E-state index in [0.717, 1.165) is 31.8 Å². The Kier molecular flexibility index (Phi) is 2.41. The van der Waals surface area contributed by atoms with Crippen molar-refractivity contribution in [2.24, 2.45) is 0 Å². The highest BCUT2D eigenvalue weighted by Crippen LogP contribution is 2.24. The molecule has 1 N–H and O–H groups in total. The van der Waals surface area contributed by atoms with Gasteiger partial charge in [0, 0.05) is 12.0 Å². The normalized spacial score (nSPS) is 17.8. The maximum atomic E-state index is 5.16. The zero-order valence-electron chi connectivity index (χ0n) is 8.72. The summed E-state index contributed by atoms with van der Waals surface area (Å²) in [4.78, 5) is 4.35. The topological polar surface area (TPSA) is 77.0 Å². The lowest BCUT2D eigenvalue weighted by atomic mass is 9.98. The molecule has 0 atom stereocenters. The molecule has 84 valence electrons. The summed E-state index contributed by atoms with van der Waals surface area (Å²) in [5.74, 6) is 1.60. The summed E-state index contributed by atoms with van der Waals surface area (Å²) in [6.45, 7) is 2.02. The van der Waals surface area contributed by atoms with Crippen molar-refractivity contribution in [1.82, 2.24) is 20.6 Å². The van der Waals surface area contributed by atoms with E-state index in [1.165, 1.54) is 6.26 Å². The quantitative estimate of drug-likeness (QED) is 0.819. The second kappa shape index (κ2) is 4.05. The van der Waals surface area contributed by atoms with Gasteiger partial charge in [0.2, 0.25) is 0 Å². The summed E-state index contributed by atoms with van der Waals surface area (Å²) in [7, 11) is 0. The number of nitrogens with zero attached hydrogens (tertiary/aromatic N) is 3. The number of hydrogen-bond acceptors (Lipinski definition) is 6. The average molecular weight is 220 g/mol. The molecular weight excluding hydrogens is 208 g/mol. The number of nitrogens with one attached hydrogen (secondary N) is 1. The van der Waals surface area contributed by atoms with Crippen molar-refractivity contribution in [2.75, 3.05) is 13.1 Å². The van der Waals surface area contributed by atoms with Crippen LogP contribution in [0.2, 0.25) is 0 Å². The van der Waals surface area contributed by atoms with Crippen LogP contribution in [0.1, 0.15) is 24.6 Å². The van der Waals surface area contributed by atoms with Crippen LogP contribution in [0.5, 0.6) is 0 Å². The first kappa shape index (κ1) is 9.53. The third kappa shape index (κ3) is 1.71. The van der Waals surface area contributed by atoms with Crippen molar-refractivity contribution >= 4 is 0 Å². The third-order valence-corrected chi connectivity index (χ3v) is 2.80. The monoisotopic (exact) mass is 220 g/mol. The van der Waals surface area contributed by atoms with E-state index in [2.05, 4.69) is 20.6 Å². The Balaban J connectivity index is 1.82. The molecule has 1 aliphatic heterocycles. The molecule has 0 saturated carbocycles. The molecule has 0 unspecified atom stereocenters. The molecule has 0 bridgehead atoms. The van der Waals surface area contributed by atoms with E-state index in [9.17, 15) is 0 Å². The van der Waals surface area contributed by atoms with E-state index in [4.69, 9.17) is 9.05 Å². The van der Waals surface area contributed by atoms with Gasteiger partial charge in [-0.05, 0) is 25.9 Å². The second-order valence-corrected chi connectivity index (χ2v) is 3.87. The van der Waals surface area contributed by atoms with Crippen LogP contribution in [0.4, 0.5) is 0 Å². The van der Waals surface area contributed by atoms with Crippen LogP contribution in [0.3, 0.4) is 0 Å². The van der Waals surface area contributed by atoms with Gasteiger partial charge in [0.25, 0.3) is 5.89 Å². The molecule has 6 heteroatoms. The lowest BCUT2D eigenvalue weighted by Crippen LogP contribution is -2.27. The van der Waals surface area contributed by atoms with Crippen molar-refractivity contribution in [3.63, 3.8) is 0 Å². The van der Waals surface area contributed by atoms with E-state index in [-0.39, 0.29) is 0 Å². The molecule has 2 aromatic rings. The van der Waals surface area contributed by atoms with Gasteiger partial charge in [-0.3, -0.25) is 0 Å². The molecule has 1 fully saturated rings. The van der Waals surface area contributed by atoms with Crippen LogP contribution in [-0.2, 0) is 0 Å². The largest absolute Gasteiger partial charge is 0.364 e. The van der Waals surface area contributed by atoms with Gasteiger partial charge < -0.3 is 14.4 Å². The van der Waals surface area contributed by atoms with Gasteiger partial charge in [0.15, 0.2) is 11.5 Å². The predicted molar refractivity (Wildman–Crippen MR) is 54.6 cm³/mol.